The molecule has 5 nitrogen and oxygen atoms in total. The van der Waals surface area contributed by atoms with Crippen LogP contribution in [0.2, 0.25) is 0 Å². The van der Waals surface area contributed by atoms with E-state index in [1.54, 1.807) is 12.3 Å². The summed E-state index contributed by atoms with van der Waals surface area (Å²) in [6, 6.07) is 5.79. The van der Waals surface area contributed by atoms with Crippen LogP contribution in [-0.4, -0.2) is 27.3 Å². The Balaban J connectivity index is 1.59. The average Bonchev–Trinajstić information content (AvgIpc) is 2.90. The monoisotopic (exact) mass is 378 g/mol. The lowest BCUT2D eigenvalue weighted by Gasteiger charge is -2.16. The molecule has 2 unspecified atom stereocenters. The molecule has 0 amide bonds. The molecular weight excluding hydrogens is 352 g/mol. The molecule has 146 valence electrons. The van der Waals surface area contributed by atoms with Crippen molar-refractivity contribution in [2.45, 2.75) is 58.8 Å². The van der Waals surface area contributed by atoms with E-state index in [2.05, 4.69) is 9.97 Å². The van der Waals surface area contributed by atoms with E-state index in [9.17, 15) is 14.4 Å². The van der Waals surface area contributed by atoms with Gasteiger partial charge in [0.2, 0.25) is 0 Å². The molecule has 1 aromatic heterocycles. The SMILES string of the molecule is Cc1cc(C)c(C2C(=O)CC(CCCC(=O)Cc3ccncn3)C2=O)c(C)c1. The van der Waals surface area contributed by atoms with Gasteiger partial charge >= 0.3 is 0 Å². The third-order valence-corrected chi connectivity index (χ3v) is 5.51. The van der Waals surface area contributed by atoms with Crippen molar-refractivity contribution < 1.29 is 14.4 Å². The molecule has 3 rings (SSSR count). The number of ketones is 3. The predicted molar refractivity (Wildman–Crippen MR) is 106 cm³/mol. The van der Waals surface area contributed by atoms with Crippen molar-refractivity contribution in [2.24, 2.45) is 5.92 Å². The fourth-order valence-electron chi connectivity index (χ4n) is 4.31. The Labute approximate surface area is 165 Å². The molecule has 0 N–H and O–H groups in total. The van der Waals surface area contributed by atoms with E-state index in [4.69, 9.17) is 0 Å². The van der Waals surface area contributed by atoms with Crippen LogP contribution in [-0.2, 0) is 20.8 Å². The summed E-state index contributed by atoms with van der Waals surface area (Å²) >= 11 is 0. The molecule has 0 bridgehead atoms. The van der Waals surface area contributed by atoms with Gasteiger partial charge in [0.25, 0.3) is 0 Å². The van der Waals surface area contributed by atoms with Crippen molar-refractivity contribution in [2.75, 3.05) is 0 Å². The van der Waals surface area contributed by atoms with Crippen LogP contribution in [0.15, 0.2) is 30.7 Å². The Morgan fingerprint density at radius 3 is 2.50 bits per heavy atom. The van der Waals surface area contributed by atoms with Crippen molar-refractivity contribution in [3.63, 3.8) is 0 Å². The van der Waals surface area contributed by atoms with Gasteiger partial charge in [-0.15, -0.1) is 0 Å². The molecule has 2 aromatic rings. The summed E-state index contributed by atoms with van der Waals surface area (Å²) in [5.41, 5.74) is 4.73. The number of benzene rings is 1. The molecule has 5 heteroatoms. The highest BCUT2D eigenvalue weighted by molar-refractivity contribution is 6.15. The van der Waals surface area contributed by atoms with Crippen LogP contribution in [0.1, 0.15) is 59.5 Å². The normalized spacial score (nSPS) is 19.2. The Hall–Kier alpha value is -2.69. The number of aromatic nitrogens is 2. The van der Waals surface area contributed by atoms with E-state index in [0.717, 1.165) is 22.3 Å². The van der Waals surface area contributed by atoms with Crippen molar-refractivity contribution in [3.8, 4) is 0 Å². The number of aryl methyl sites for hydroxylation is 3. The van der Waals surface area contributed by atoms with E-state index in [1.807, 2.05) is 32.9 Å². The Bertz CT molecular complexity index is 882. The molecule has 1 aromatic carbocycles. The first-order valence-electron chi connectivity index (χ1n) is 9.77. The number of Topliss-reactive ketones (excluding diaryl/α,β-unsaturated/α-hetero) is 3. The summed E-state index contributed by atoms with van der Waals surface area (Å²) in [5, 5.41) is 0. The minimum absolute atomic E-state index is 0.0114. The summed E-state index contributed by atoms with van der Waals surface area (Å²) in [6.07, 6.45) is 5.22. The van der Waals surface area contributed by atoms with Gasteiger partial charge in [0, 0.05) is 31.4 Å². The number of hydrogen-bond donors (Lipinski definition) is 0. The molecule has 0 saturated heterocycles. The quantitative estimate of drug-likeness (QED) is 0.688. The second kappa shape index (κ2) is 8.55. The maximum absolute atomic E-state index is 12.9. The summed E-state index contributed by atoms with van der Waals surface area (Å²) in [6.45, 7) is 5.95. The molecule has 1 aliphatic carbocycles. The zero-order valence-corrected chi connectivity index (χ0v) is 16.7. The molecular formula is C23H26N2O3. The smallest absolute Gasteiger partial charge is 0.151 e. The lowest BCUT2D eigenvalue weighted by molar-refractivity contribution is -0.125. The lowest BCUT2D eigenvalue weighted by Crippen LogP contribution is -2.18. The van der Waals surface area contributed by atoms with E-state index < -0.39 is 5.92 Å². The number of rotatable bonds is 7. The van der Waals surface area contributed by atoms with Gasteiger partial charge in [0.05, 0.1) is 5.69 Å². The van der Waals surface area contributed by atoms with Crippen LogP contribution in [0.25, 0.3) is 0 Å². The van der Waals surface area contributed by atoms with Gasteiger partial charge in [-0.25, -0.2) is 9.97 Å². The average molecular weight is 378 g/mol. The summed E-state index contributed by atoms with van der Waals surface area (Å²) in [4.78, 5) is 45.6. The van der Waals surface area contributed by atoms with E-state index >= 15 is 0 Å². The van der Waals surface area contributed by atoms with Crippen LogP contribution in [0.5, 0.6) is 0 Å². The maximum atomic E-state index is 12.9. The molecule has 0 aliphatic heterocycles. The molecule has 28 heavy (non-hydrogen) atoms. The fourth-order valence-corrected chi connectivity index (χ4v) is 4.31. The van der Waals surface area contributed by atoms with Crippen LogP contribution >= 0.6 is 0 Å². The zero-order valence-electron chi connectivity index (χ0n) is 16.7. The summed E-state index contributed by atoms with van der Waals surface area (Å²) in [5.74, 6) is -0.787. The van der Waals surface area contributed by atoms with Crippen molar-refractivity contribution in [1.29, 1.82) is 0 Å². The number of carbonyl (C=O) groups is 3. The van der Waals surface area contributed by atoms with Crippen LogP contribution < -0.4 is 0 Å². The summed E-state index contributed by atoms with van der Waals surface area (Å²) in [7, 11) is 0. The first kappa shape index (κ1) is 20.1. The van der Waals surface area contributed by atoms with Gasteiger partial charge in [0.1, 0.15) is 23.8 Å². The first-order valence-corrected chi connectivity index (χ1v) is 9.77. The standard InChI is InChI=1S/C23H26N2O3/c1-14-9-15(2)21(16(3)10-14)22-20(27)11-17(23(22)28)5-4-6-19(26)12-18-7-8-24-13-25-18/h7-10,13,17,22H,4-6,11-12H2,1-3H3. The van der Waals surface area contributed by atoms with Crippen LogP contribution in [0, 0.1) is 26.7 Å². The first-order chi connectivity index (χ1) is 13.4. The van der Waals surface area contributed by atoms with Crippen molar-refractivity contribution in [3.05, 3.63) is 58.7 Å². The predicted octanol–water partition coefficient (Wildman–Crippen LogP) is 3.63. The van der Waals surface area contributed by atoms with Crippen molar-refractivity contribution in [1.82, 2.24) is 9.97 Å². The van der Waals surface area contributed by atoms with Gasteiger partial charge in [-0.1, -0.05) is 17.7 Å². The Morgan fingerprint density at radius 1 is 1.14 bits per heavy atom. The zero-order chi connectivity index (χ0) is 20.3. The minimum Gasteiger partial charge on any atom is -0.299 e. The van der Waals surface area contributed by atoms with E-state index in [-0.39, 0.29) is 36.1 Å². The van der Waals surface area contributed by atoms with Gasteiger partial charge < -0.3 is 0 Å². The Morgan fingerprint density at radius 2 is 1.86 bits per heavy atom. The Kier molecular flexibility index (Phi) is 6.12. The maximum Gasteiger partial charge on any atom is 0.151 e. The molecule has 1 heterocycles. The fraction of sp³-hybridized carbons (Fsp3) is 0.435. The van der Waals surface area contributed by atoms with Gasteiger partial charge in [-0.2, -0.15) is 0 Å². The van der Waals surface area contributed by atoms with Gasteiger partial charge in [-0.3, -0.25) is 14.4 Å². The topological polar surface area (TPSA) is 77.0 Å². The lowest BCUT2D eigenvalue weighted by atomic mass is 9.86. The van der Waals surface area contributed by atoms with E-state index in [1.165, 1.54) is 6.33 Å². The third kappa shape index (κ3) is 4.41. The number of nitrogens with zero attached hydrogens (tertiary/aromatic N) is 2. The highest BCUT2D eigenvalue weighted by Crippen LogP contribution is 2.38. The van der Waals surface area contributed by atoms with Gasteiger partial charge in [-0.05, 0) is 56.4 Å². The minimum atomic E-state index is -0.637. The molecule has 1 saturated carbocycles. The second-order valence-corrected chi connectivity index (χ2v) is 7.82. The molecule has 0 radical (unpaired) electrons. The largest absolute Gasteiger partial charge is 0.299 e. The summed E-state index contributed by atoms with van der Waals surface area (Å²) < 4.78 is 0. The molecule has 1 aliphatic rings. The third-order valence-electron chi connectivity index (χ3n) is 5.51. The van der Waals surface area contributed by atoms with Gasteiger partial charge in [0.15, 0.2) is 5.78 Å². The molecule has 2 atom stereocenters. The number of carbonyl (C=O) groups excluding carboxylic acids is 3. The highest BCUT2D eigenvalue weighted by atomic mass is 16.2. The second-order valence-electron chi connectivity index (χ2n) is 7.82. The van der Waals surface area contributed by atoms with Crippen molar-refractivity contribution >= 4 is 17.3 Å². The molecule has 0 spiro atoms. The van der Waals surface area contributed by atoms with E-state index in [0.29, 0.717) is 25.0 Å². The number of hydrogen-bond acceptors (Lipinski definition) is 5. The van der Waals surface area contributed by atoms with Crippen LogP contribution in [0.4, 0.5) is 0 Å². The molecule has 1 fully saturated rings. The highest BCUT2D eigenvalue weighted by Gasteiger charge is 2.42. The van der Waals surface area contributed by atoms with Crippen LogP contribution in [0.3, 0.4) is 0 Å².